The molecule has 1 aromatic rings. The number of aldehydes is 2. The summed E-state index contributed by atoms with van der Waals surface area (Å²) < 4.78 is 17.3. The van der Waals surface area contributed by atoms with Crippen LogP contribution in [-0.4, -0.2) is 36.3 Å². The maximum absolute atomic E-state index is 10.9. The maximum atomic E-state index is 10.9. The Balaban J connectivity index is 0.00000110. The Morgan fingerprint density at radius 1 is 1.40 bits per heavy atom. The van der Waals surface area contributed by atoms with Crippen LogP contribution < -0.4 is 10.2 Å². The van der Waals surface area contributed by atoms with E-state index in [-0.39, 0.29) is 22.3 Å². The Morgan fingerprint density at radius 2 is 2.00 bits per heavy atom. The van der Waals surface area contributed by atoms with Gasteiger partial charge >= 0.3 is 34.9 Å². The second-order valence-electron chi connectivity index (χ2n) is 3.56. The van der Waals surface area contributed by atoms with Crippen LogP contribution in [0.25, 0.3) is 0 Å². The Labute approximate surface area is 126 Å². The number of hydrogen-bond acceptors (Lipinski definition) is 6. The number of halogens is 1. The van der Waals surface area contributed by atoms with E-state index < -0.39 is 7.12 Å². The number of ether oxygens (including phenoxy) is 1. The van der Waals surface area contributed by atoms with Gasteiger partial charge in [0.15, 0.2) is 6.29 Å². The molecule has 6 nitrogen and oxygen atoms in total. The Hall–Kier alpha value is -1.24. The summed E-state index contributed by atoms with van der Waals surface area (Å²) in [6.07, 6.45) is 1.76. The molecule has 0 aliphatic rings. The van der Waals surface area contributed by atoms with Gasteiger partial charge in [-0.15, -0.1) is 0 Å². The summed E-state index contributed by atoms with van der Waals surface area (Å²) in [4.78, 5) is 21.5. The molecule has 0 unspecified atom stereocenters. The van der Waals surface area contributed by atoms with E-state index in [1.54, 1.807) is 0 Å². The predicted octanol–water partition coefficient (Wildman–Crippen LogP) is 0.382. The molecule has 20 heavy (non-hydrogen) atoms. The molecule has 1 aromatic carbocycles. The fourth-order valence-corrected chi connectivity index (χ4v) is 1.42. The Kier molecular flexibility index (Phi) is 9.89. The van der Waals surface area contributed by atoms with Crippen LogP contribution >= 0.6 is 0 Å². The summed E-state index contributed by atoms with van der Waals surface area (Å²) in [6.45, 7) is 2.23. The molecule has 0 atom stereocenters. The SMILES string of the molecule is CCCOc1c(C=O)cc(C=O)cc1B(O)O.F[N]=[W]. The fraction of sp³-hybridized carbons (Fsp3) is 0.273. The first-order valence-corrected chi connectivity index (χ1v) is 6.87. The average molecular weight is 453 g/mol. The Bertz CT molecular complexity index is 472. The van der Waals surface area contributed by atoms with Gasteiger partial charge in [-0.25, -0.2) is 0 Å². The first-order valence-electron chi connectivity index (χ1n) is 5.56. The molecule has 0 spiro atoms. The third kappa shape index (κ3) is 5.82. The number of hydrogen-bond donors (Lipinski definition) is 2. The van der Waals surface area contributed by atoms with Gasteiger partial charge in [0.05, 0.1) is 12.2 Å². The monoisotopic (exact) mass is 453 g/mol. The predicted molar refractivity (Wildman–Crippen MR) is 66.4 cm³/mol. The summed E-state index contributed by atoms with van der Waals surface area (Å²) in [7, 11) is -1.79. The zero-order chi connectivity index (χ0) is 15.5. The van der Waals surface area contributed by atoms with Crippen LogP contribution in [0.2, 0.25) is 0 Å². The summed E-state index contributed by atoms with van der Waals surface area (Å²) in [5.74, 6) is 0.113. The third-order valence-electron chi connectivity index (χ3n) is 2.16. The molecule has 0 saturated carbocycles. The van der Waals surface area contributed by atoms with Crippen LogP contribution in [0.1, 0.15) is 34.1 Å². The first kappa shape index (κ1) is 18.8. The van der Waals surface area contributed by atoms with E-state index in [9.17, 15) is 24.1 Å². The van der Waals surface area contributed by atoms with Gasteiger partial charge in [0.25, 0.3) is 0 Å². The minimum absolute atomic E-state index is 0.0187. The number of rotatable bonds is 6. The second-order valence-corrected chi connectivity index (χ2v) is 4.05. The molecule has 9 heteroatoms. The van der Waals surface area contributed by atoms with Crippen molar-refractivity contribution < 1.29 is 48.5 Å². The molecule has 108 valence electrons. The van der Waals surface area contributed by atoms with Crippen molar-refractivity contribution in [2.75, 3.05) is 6.61 Å². The molecule has 0 aliphatic carbocycles. The van der Waals surface area contributed by atoms with E-state index in [1.807, 2.05) is 6.92 Å². The molecule has 0 bridgehead atoms. The van der Waals surface area contributed by atoms with Crippen molar-refractivity contribution in [1.82, 2.24) is 0 Å². The summed E-state index contributed by atoms with van der Waals surface area (Å²) in [6, 6.07) is 2.63. The molecule has 0 saturated heterocycles. The summed E-state index contributed by atoms with van der Waals surface area (Å²) in [5, 5.41) is 18.4. The van der Waals surface area contributed by atoms with Crippen LogP contribution in [-0.2, 0) is 19.6 Å². The first-order chi connectivity index (χ1) is 9.55. The van der Waals surface area contributed by atoms with Gasteiger partial charge in [-0.2, -0.15) is 0 Å². The number of carbonyl (C=O) groups is 2. The molecule has 1 rings (SSSR count). The summed E-state index contributed by atoms with van der Waals surface area (Å²) >= 11 is 0.630. The van der Waals surface area contributed by atoms with Crippen LogP contribution in [0, 0.1) is 0 Å². The molecular formula is C11H13BFNO5W. The van der Waals surface area contributed by atoms with Crippen molar-refractivity contribution in [3.8, 4) is 5.75 Å². The van der Waals surface area contributed by atoms with E-state index >= 15 is 0 Å². The van der Waals surface area contributed by atoms with Gasteiger partial charge in [0, 0.05) is 11.0 Å². The minimum atomic E-state index is -1.79. The van der Waals surface area contributed by atoms with Crippen molar-refractivity contribution in [3.63, 3.8) is 0 Å². The van der Waals surface area contributed by atoms with Crippen molar-refractivity contribution in [2.45, 2.75) is 13.3 Å². The van der Waals surface area contributed by atoms with E-state index in [0.29, 0.717) is 45.2 Å². The molecular weight excluding hydrogens is 440 g/mol. The molecule has 0 aliphatic heterocycles. The van der Waals surface area contributed by atoms with Crippen molar-refractivity contribution in [2.24, 2.45) is 3.72 Å². The van der Waals surface area contributed by atoms with Gasteiger partial charge in [0.1, 0.15) is 12.0 Å². The molecule has 2 N–H and O–H groups in total. The van der Waals surface area contributed by atoms with E-state index in [1.165, 1.54) is 12.1 Å². The van der Waals surface area contributed by atoms with Crippen molar-refractivity contribution >= 4 is 25.2 Å². The fourth-order valence-electron chi connectivity index (χ4n) is 1.42. The van der Waals surface area contributed by atoms with E-state index in [0.717, 1.165) is 0 Å². The number of nitrogens with zero attached hydrogens (tertiary/aromatic N) is 1. The van der Waals surface area contributed by atoms with Crippen LogP contribution in [0.5, 0.6) is 5.75 Å². The Morgan fingerprint density at radius 3 is 2.40 bits per heavy atom. The third-order valence-corrected chi connectivity index (χ3v) is 2.16. The van der Waals surface area contributed by atoms with Gasteiger partial charge in [-0.1, -0.05) is 6.92 Å². The van der Waals surface area contributed by atoms with Gasteiger partial charge < -0.3 is 14.8 Å². The zero-order valence-electron chi connectivity index (χ0n) is 10.7. The van der Waals surface area contributed by atoms with Crippen LogP contribution in [0.3, 0.4) is 0 Å². The van der Waals surface area contributed by atoms with E-state index in [2.05, 4.69) is 3.72 Å². The quantitative estimate of drug-likeness (QED) is 0.480. The number of carbonyl (C=O) groups excluding carboxylic acids is 2. The van der Waals surface area contributed by atoms with E-state index in [4.69, 9.17) is 4.74 Å². The van der Waals surface area contributed by atoms with Gasteiger partial charge in [0.2, 0.25) is 0 Å². The zero-order valence-corrected chi connectivity index (χ0v) is 13.6. The van der Waals surface area contributed by atoms with Gasteiger partial charge in [-0.05, 0) is 18.6 Å². The topological polar surface area (TPSA) is 96.2 Å². The molecule has 0 aromatic heterocycles. The second kappa shape index (κ2) is 10.5. The van der Waals surface area contributed by atoms with Crippen LogP contribution in [0.4, 0.5) is 4.48 Å². The molecule has 0 heterocycles. The average Bonchev–Trinajstić information content (AvgIpc) is 2.44. The van der Waals surface area contributed by atoms with Crippen molar-refractivity contribution in [1.29, 1.82) is 0 Å². The number of benzene rings is 1. The molecule has 0 amide bonds. The van der Waals surface area contributed by atoms with Crippen LogP contribution in [0.15, 0.2) is 15.9 Å². The van der Waals surface area contributed by atoms with Gasteiger partial charge in [-0.3, -0.25) is 9.59 Å². The summed E-state index contributed by atoms with van der Waals surface area (Å²) in [5.41, 5.74) is 0.343. The normalized spacial score (nSPS) is 9.00. The molecule has 0 fully saturated rings. The van der Waals surface area contributed by atoms with Crippen molar-refractivity contribution in [3.05, 3.63) is 23.3 Å². The standard InChI is InChI=1S/C11H13BO5.FN.W/c1-2-3-17-11-9(7-14)4-8(6-13)5-10(11)12(15)16;1-2;/h4-7,15-16H,2-3H2,1H3;;. The molecule has 0 radical (unpaired) electrons.